The normalized spacial score (nSPS) is 17.5. The minimum absolute atomic E-state index is 0.320. The smallest absolute Gasteiger partial charge is 0.142 e. The van der Waals surface area contributed by atoms with Crippen molar-refractivity contribution in [1.29, 1.82) is 5.26 Å². The zero-order valence-electron chi connectivity index (χ0n) is 8.56. The van der Waals surface area contributed by atoms with Gasteiger partial charge in [-0.1, -0.05) is 6.07 Å². The lowest BCUT2D eigenvalue weighted by atomic mass is 10.1. The van der Waals surface area contributed by atoms with E-state index in [1.54, 1.807) is 6.07 Å². The van der Waals surface area contributed by atoms with E-state index in [0.29, 0.717) is 11.7 Å². The van der Waals surface area contributed by atoms with Crippen LogP contribution in [-0.2, 0) is 0 Å². The number of hydrogen-bond acceptors (Lipinski definition) is 4. The van der Waals surface area contributed by atoms with E-state index in [2.05, 4.69) is 16.0 Å². The van der Waals surface area contributed by atoms with Crippen LogP contribution in [0.1, 0.15) is 18.5 Å². The summed E-state index contributed by atoms with van der Waals surface area (Å²) in [6, 6.07) is 7.91. The van der Waals surface area contributed by atoms with Gasteiger partial charge < -0.3 is 10.6 Å². The summed E-state index contributed by atoms with van der Waals surface area (Å²) in [5.41, 5.74) is 6.31. The standard InChI is InChI=1S/C11H14N4/c12-8-10-2-1-3-11(14-10)15-6-4-9(13)5-7-15/h1-3,9H,4-7,13H2. The second-order valence-electron chi connectivity index (χ2n) is 3.82. The number of anilines is 1. The second-order valence-corrected chi connectivity index (χ2v) is 3.82. The van der Waals surface area contributed by atoms with Gasteiger partial charge in [0.25, 0.3) is 0 Å². The highest BCUT2D eigenvalue weighted by Crippen LogP contribution is 2.16. The van der Waals surface area contributed by atoms with Gasteiger partial charge in [-0.05, 0) is 25.0 Å². The minimum atomic E-state index is 0.320. The van der Waals surface area contributed by atoms with E-state index in [4.69, 9.17) is 11.0 Å². The number of rotatable bonds is 1. The average Bonchev–Trinajstić information content (AvgIpc) is 2.30. The van der Waals surface area contributed by atoms with Gasteiger partial charge in [0.1, 0.15) is 17.6 Å². The van der Waals surface area contributed by atoms with Crippen LogP contribution in [0.2, 0.25) is 0 Å². The number of piperidine rings is 1. The maximum atomic E-state index is 8.75. The Morgan fingerprint density at radius 1 is 1.40 bits per heavy atom. The van der Waals surface area contributed by atoms with E-state index in [-0.39, 0.29) is 0 Å². The van der Waals surface area contributed by atoms with Crippen molar-refractivity contribution in [3.8, 4) is 6.07 Å². The lowest BCUT2D eigenvalue weighted by molar-refractivity contribution is 0.498. The summed E-state index contributed by atoms with van der Waals surface area (Å²) in [5, 5.41) is 8.75. The van der Waals surface area contributed by atoms with Gasteiger partial charge in [0.05, 0.1) is 0 Å². The first-order valence-corrected chi connectivity index (χ1v) is 5.17. The summed E-state index contributed by atoms with van der Waals surface area (Å²) in [7, 11) is 0. The lowest BCUT2D eigenvalue weighted by Gasteiger charge is -2.31. The molecule has 0 aromatic carbocycles. The van der Waals surface area contributed by atoms with Crippen LogP contribution in [0, 0.1) is 11.3 Å². The fraction of sp³-hybridized carbons (Fsp3) is 0.455. The summed E-state index contributed by atoms with van der Waals surface area (Å²) < 4.78 is 0. The number of aromatic nitrogens is 1. The van der Waals surface area contributed by atoms with Crippen LogP contribution in [0.15, 0.2) is 18.2 Å². The molecule has 0 amide bonds. The van der Waals surface area contributed by atoms with Gasteiger partial charge in [0, 0.05) is 19.1 Å². The Balaban J connectivity index is 2.12. The third-order valence-corrected chi connectivity index (χ3v) is 2.71. The number of nitrogens with two attached hydrogens (primary N) is 1. The molecule has 1 aromatic rings. The predicted molar refractivity (Wildman–Crippen MR) is 58.4 cm³/mol. The lowest BCUT2D eigenvalue weighted by Crippen LogP contribution is -2.40. The Hall–Kier alpha value is -1.60. The Morgan fingerprint density at radius 3 is 2.80 bits per heavy atom. The van der Waals surface area contributed by atoms with Crippen molar-refractivity contribution in [2.75, 3.05) is 18.0 Å². The molecule has 0 atom stereocenters. The third-order valence-electron chi connectivity index (χ3n) is 2.71. The molecule has 0 spiro atoms. The first kappa shape index (κ1) is 9.94. The largest absolute Gasteiger partial charge is 0.356 e. The van der Waals surface area contributed by atoms with Gasteiger partial charge in [-0.2, -0.15) is 5.26 Å². The molecule has 0 unspecified atom stereocenters. The molecule has 1 aliphatic heterocycles. The molecule has 4 heteroatoms. The molecular formula is C11H14N4. The molecular weight excluding hydrogens is 188 g/mol. The van der Waals surface area contributed by atoms with Crippen molar-refractivity contribution >= 4 is 5.82 Å². The maximum absolute atomic E-state index is 8.75. The Kier molecular flexibility index (Phi) is 2.84. The summed E-state index contributed by atoms with van der Waals surface area (Å²) >= 11 is 0. The van der Waals surface area contributed by atoms with Gasteiger partial charge in [-0.25, -0.2) is 4.98 Å². The summed E-state index contributed by atoms with van der Waals surface area (Å²) in [5.74, 6) is 0.890. The predicted octanol–water partition coefficient (Wildman–Crippen LogP) is 0.881. The van der Waals surface area contributed by atoms with Crippen LogP contribution in [0.25, 0.3) is 0 Å². The molecule has 2 rings (SSSR count). The maximum Gasteiger partial charge on any atom is 0.142 e. The third kappa shape index (κ3) is 2.25. The van der Waals surface area contributed by atoms with Gasteiger partial charge in [-0.15, -0.1) is 0 Å². The molecule has 0 saturated carbocycles. The molecule has 15 heavy (non-hydrogen) atoms. The average molecular weight is 202 g/mol. The van der Waals surface area contributed by atoms with Gasteiger partial charge in [0.2, 0.25) is 0 Å². The van der Waals surface area contributed by atoms with Gasteiger partial charge >= 0.3 is 0 Å². The highest BCUT2D eigenvalue weighted by Gasteiger charge is 2.17. The quantitative estimate of drug-likeness (QED) is 0.734. The highest BCUT2D eigenvalue weighted by molar-refractivity contribution is 5.41. The number of nitriles is 1. The van der Waals surface area contributed by atoms with E-state index < -0.39 is 0 Å². The number of hydrogen-bond donors (Lipinski definition) is 1. The van der Waals surface area contributed by atoms with E-state index in [1.165, 1.54) is 0 Å². The van der Waals surface area contributed by atoms with Crippen LogP contribution in [0.3, 0.4) is 0 Å². The zero-order valence-corrected chi connectivity index (χ0v) is 8.56. The van der Waals surface area contributed by atoms with Crippen molar-refractivity contribution < 1.29 is 0 Å². The molecule has 2 heterocycles. The van der Waals surface area contributed by atoms with Crippen LogP contribution >= 0.6 is 0 Å². The first-order chi connectivity index (χ1) is 7.29. The Morgan fingerprint density at radius 2 is 2.13 bits per heavy atom. The summed E-state index contributed by atoms with van der Waals surface area (Å²) in [6.45, 7) is 1.87. The molecule has 0 aliphatic carbocycles. The molecule has 78 valence electrons. The van der Waals surface area contributed by atoms with Crippen LogP contribution < -0.4 is 10.6 Å². The molecule has 0 radical (unpaired) electrons. The van der Waals surface area contributed by atoms with Crippen molar-refractivity contribution in [1.82, 2.24) is 4.98 Å². The SMILES string of the molecule is N#Cc1cccc(N2CCC(N)CC2)n1. The van der Waals surface area contributed by atoms with Gasteiger partial charge in [-0.3, -0.25) is 0 Å². The van der Waals surface area contributed by atoms with Crippen LogP contribution in [0.4, 0.5) is 5.82 Å². The van der Waals surface area contributed by atoms with E-state index >= 15 is 0 Å². The first-order valence-electron chi connectivity index (χ1n) is 5.17. The molecule has 2 N–H and O–H groups in total. The number of pyridine rings is 1. The van der Waals surface area contributed by atoms with Crippen molar-refractivity contribution in [2.45, 2.75) is 18.9 Å². The number of nitrogens with zero attached hydrogens (tertiary/aromatic N) is 3. The van der Waals surface area contributed by atoms with E-state index in [1.807, 2.05) is 12.1 Å². The monoisotopic (exact) mass is 202 g/mol. The Bertz CT molecular complexity index is 374. The summed E-state index contributed by atoms with van der Waals surface area (Å²) in [4.78, 5) is 6.45. The molecule has 0 bridgehead atoms. The fourth-order valence-corrected chi connectivity index (χ4v) is 1.79. The summed E-state index contributed by atoms with van der Waals surface area (Å²) in [6.07, 6.45) is 2.00. The Labute approximate surface area is 89.3 Å². The fourth-order valence-electron chi connectivity index (χ4n) is 1.79. The molecule has 1 fully saturated rings. The van der Waals surface area contributed by atoms with E-state index in [0.717, 1.165) is 31.7 Å². The van der Waals surface area contributed by atoms with Crippen molar-refractivity contribution in [2.24, 2.45) is 5.73 Å². The van der Waals surface area contributed by atoms with Crippen LogP contribution in [-0.4, -0.2) is 24.1 Å². The van der Waals surface area contributed by atoms with E-state index in [9.17, 15) is 0 Å². The topological polar surface area (TPSA) is 65.9 Å². The molecule has 1 aliphatic rings. The molecule has 4 nitrogen and oxygen atoms in total. The van der Waals surface area contributed by atoms with Gasteiger partial charge in [0.15, 0.2) is 0 Å². The minimum Gasteiger partial charge on any atom is -0.356 e. The zero-order chi connectivity index (χ0) is 10.7. The van der Waals surface area contributed by atoms with Crippen molar-refractivity contribution in [3.63, 3.8) is 0 Å². The molecule has 1 saturated heterocycles. The van der Waals surface area contributed by atoms with Crippen LogP contribution in [0.5, 0.6) is 0 Å². The van der Waals surface area contributed by atoms with Crippen molar-refractivity contribution in [3.05, 3.63) is 23.9 Å². The highest BCUT2D eigenvalue weighted by atomic mass is 15.2. The molecule has 1 aromatic heterocycles. The second kappa shape index (κ2) is 4.28.